The Labute approximate surface area is 173 Å². The van der Waals surface area contributed by atoms with Crippen molar-refractivity contribution in [1.29, 1.82) is 0 Å². The molecule has 0 atom stereocenters. The molecule has 1 aromatic carbocycles. The van der Waals surface area contributed by atoms with Crippen molar-refractivity contribution in [1.82, 2.24) is 14.5 Å². The maximum atomic E-state index is 5.07. The van der Waals surface area contributed by atoms with E-state index in [9.17, 15) is 0 Å². The minimum Gasteiger partial charge on any atom is -0.368 e. The second kappa shape index (κ2) is 8.07. The van der Waals surface area contributed by atoms with Gasteiger partial charge in [-0.3, -0.25) is 0 Å². The molecule has 0 saturated carbocycles. The van der Waals surface area contributed by atoms with Crippen molar-refractivity contribution in [2.24, 2.45) is 0 Å². The number of nitrogens with zero attached hydrogens (tertiary/aromatic N) is 5. The van der Waals surface area contributed by atoms with Crippen LogP contribution >= 0.6 is 0 Å². The molecule has 2 fully saturated rings. The summed E-state index contributed by atoms with van der Waals surface area (Å²) in [5.74, 6) is 1.11. The predicted molar refractivity (Wildman–Crippen MR) is 121 cm³/mol. The van der Waals surface area contributed by atoms with Crippen LogP contribution in [0.15, 0.2) is 48.7 Å². The molecule has 5 heteroatoms. The van der Waals surface area contributed by atoms with Crippen LogP contribution in [0.25, 0.3) is 11.0 Å². The quantitative estimate of drug-likeness (QED) is 0.664. The zero-order valence-corrected chi connectivity index (χ0v) is 17.4. The zero-order valence-electron chi connectivity index (χ0n) is 17.4. The molecule has 4 heterocycles. The van der Waals surface area contributed by atoms with E-state index in [0.717, 1.165) is 50.7 Å². The first-order valence-corrected chi connectivity index (χ1v) is 11.0. The first-order valence-electron chi connectivity index (χ1n) is 11.0. The molecule has 0 spiro atoms. The van der Waals surface area contributed by atoms with Crippen molar-refractivity contribution >= 4 is 22.5 Å². The van der Waals surface area contributed by atoms with Crippen LogP contribution in [0.4, 0.5) is 11.5 Å². The molecule has 2 aliphatic rings. The fourth-order valence-electron chi connectivity index (χ4n) is 4.76. The van der Waals surface area contributed by atoms with Crippen molar-refractivity contribution in [3.8, 4) is 0 Å². The van der Waals surface area contributed by atoms with Crippen LogP contribution in [0.5, 0.6) is 0 Å². The zero-order chi connectivity index (χ0) is 19.6. The van der Waals surface area contributed by atoms with Gasteiger partial charge in [0, 0.05) is 56.5 Å². The van der Waals surface area contributed by atoms with E-state index in [-0.39, 0.29) is 0 Å². The minimum absolute atomic E-state index is 1.02. The van der Waals surface area contributed by atoms with Crippen molar-refractivity contribution < 1.29 is 0 Å². The second-order valence-electron chi connectivity index (χ2n) is 8.40. The van der Waals surface area contributed by atoms with Gasteiger partial charge in [0.2, 0.25) is 0 Å². The molecular formula is C24H31N5. The van der Waals surface area contributed by atoms with Gasteiger partial charge in [-0.2, -0.15) is 0 Å². The highest BCUT2D eigenvalue weighted by Gasteiger charge is 2.20. The number of para-hydroxylation sites is 1. The maximum Gasteiger partial charge on any atom is 0.142 e. The first kappa shape index (κ1) is 18.5. The van der Waals surface area contributed by atoms with Crippen LogP contribution in [0.1, 0.15) is 18.4 Å². The number of piperazine rings is 1. The number of aromatic nitrogens is 2. The van der Waals surface area contributed by atoms with Crippen LogP contribution in [-0.4, -0.2) is 60.3 Å². The van der Waals surface area contributed by atoms with Crippen LogP contribution in [-0.2, 0) is 6.54 Å². The van der Waals surface area contributed by atoms with Gasteiger partial charge in [0.25, 0.3) is 0 Å². The fraction of sp³-hybridized carbons (Fsp3) is 0.458. The molecule has 0 bridgehead atoms. The summed E-state index contributed by atoms with van der Waals surface area (Å²) < 4.78 is 2.33. The molecule has 5 rings (SSSR count). The van der Waals surface area contributed by atoms with Gasteiger partial charge in [-0.25, -0.2) is 4.98 Å². The van der Waals surface area contributed by atoms with Crippen LogP contribution in [0.3, 0.4) is 0 Å². The van der Waals surface area contributed by atoms with E-state index < -0.39 is 0 Å². The largest absolute Gasteiger partial charge is 0.368 e. The summed E-state index contributed by atoms with van der Waals surface area (Å²) in [5, 5.41) is 1.24. The third-order valence-corrected chi connectivity index (χ3v) is 6.51. The second-order valence-corrected chi connectivity index (χ2v) is 8.40. The third-order valence-electron chi connectivity index (χ3n) is 6.51. The number of anilines is 2. The Bertz CT molecular complexity index is 964. The van der Waals surface area contributed by atoms with Gasteiger partial charge in [0.05, 0.1) is 0 Å². The highest BCUT2D eigenvalue weighted by Crippen LogP contribution is 2.24. The number of hydrogen-bond acceptors (Lipinski definition) is 4. The lowest BCUT2D eigenvalue weighted by atomic mass is 10.1. The smallest absolute Gasteiger partial charge is 0.142 e. The Hall–Kier alpha value is -2.53. The van der Waals surface area contributed by atoms with Crippen molar-refractivity contribution in [2.45, 2.75) is 26.3 Å². The lowest BCUT2D eigenvalue weighted by Crippen LogP contribution is -2.47. The number of benzene rings is 1. The van der Waals surface area contributed by atoms with Crippen molar-refractivity contribution in [3.63, 3.8) is 0 Å². The van der Waals surface area contributed by atoms with Gasteiger partial charge >= 0.3 is 0 Å². The van der Waals surface area contributed by atoms with Crippen LogP contribution in [0, 0.1) is 6.92 Å². The molecule has 0 aliphatic carbocycles. The lowest BCUT2D eigenvalue weighted by Gasteiger charge is -2.37. The van der Waals surface area contributed by atoms with Gasteiger partial charge in [0.15, 0.2) is 0 Å². The average molecular weight is 390 g/mol. The molecule has 152 valence electrons. The van der Waals surface area contributed by atoms with Gasteiger partial charge in [-0.1, -0.05) is 18.2 Å². The van der Waals surface area contributed by atoms with Gasteiger partial charge in [-0.15, -0.1) is 0 Å². The van der Waals surface area contributed by atoms with E-state index in [1.165, 1.54) is 42.6 Å². The first-order chi connectivity index (χ1) is 14.3. The van der Waals surface area contributed by atoms with Crippen molar-refractivity contribution in [3.05, 3.63) is 54.2 Å². The molecule has 0 unspecified atom stereocenters. The normalized spacial score (nSPS) is 18.1. The Morgan fingerprint density at radius 3 is 2.34 bits per heavy atom. The maximum absolute atomic E-state index is 5.07. The summed E-state index contributed by atoms with van der Waals surface area (Å²) in [4.78, 5) is 12.6. The summed E-state index contributed by atoms with van der Waals surface area (Å²) >= 11 is 0. The standard InChI is InChI=1S/C24H31N5/c1-20-6-2-3-7-22(20)27-16-18-28(19-17-27)23-9-8-21-10-13-29(24(21)25-23)15-14-26-11-4-5-12-26/h2-3,6-10,13H,4-5,11-12,14-19H2,1H3. The van der Waals surface area contributed by atoms with Gasteiger partial charge in [0.1, 0.15) is 11.5 Å². The van der Waals surface area contributed by atoms with Crippen LogP contribution in [0.2, 0.25) is 0 Å². The average Bonchev–Trinajstić information content (AvgIpc) is 3.42. The van der Waals surface area contributed by atoms with E-state index in [4.69, 9.17) is 4.98 Å². The van der Waals surface area contributed by atoms with Gasteiger partial charge < -0.3 is 19.3 Å². The van der Waals surface area contributed by atoms with E-state index in [1.54, 1.807) is 0 Å². The fourth-order valence-corrected chi connectivity index (χ4v) is 4.76. The molecule has 5 nitrogen and oxygen atoms in total. The highest BCUT2D eigenvalue weighted by molar-refractivity contribution is 5.78. The molecule has 0 amide bonds. The Balaban J connectivity index is 1.28. The highest BCUT2D eigenvalue weighted by atomic mass is 15.3. The molecule has 0 N–H and O–H groups in total. The number of likely N-dealkylation sites (tertiary alicyclic amines) is 1. The lowest BCUT2D eigenvalue weighted by molar-refractivity contribution is 0.324. The number of hydrogen-bond donors (Lipinski definition) is 0. The predicted octanol–water partition coefficient (Wildman–Crippen LogP) is 3.77. The topological polar surface area (TPSA) is 27.5 Å². The molecule has 2 saturated heterocycles. The number of aryl methyl sites for hydroxylation is 1. The number of fused-ring (bicyclic) bond motifs is 1. The molecule has 3 aromatic rings. The monoisotopic (exact) mass is 389 g/mol. The number of rotatable bonds is 5. The molecule has 0 radical (unpaired) electrons. The summed E-state index contributed by atoms with van der Waals surface area (Å²) in [6, 6.07) is 15.3. The van der Waals surface area contributed by atoms with Crippen molar-refractivity contribution in [2.75, 3.05) is 55.6 Å². The Kier molecular flexibility index (Phi) is 5.15. The SMILES string of the molecule is Cc1ccccc1N1CCN(c2ccc3ccn(CCN4CCCC4)c3n2)CC1. The third kappa shape index (κ3) is 3.84. The summed E-state index contributed by atoms with van der Waals surface area (Å²) in [6.45, 7) is 11.0. The molecule has 29 heavy (non-hydrogen) atoms. The molecular weight excluding hydrogens is 358 g/mol. The number of pyridine rings is 1. The van der Waals surface area contributed by atoms with E-state index in [0.29, 0.717) is 0 Å². The Morgan fingerprint density at radius 1 is 0.793 bits per heavy atom. The van der Waals surface area contributed by atoms with Gasteiger partial charge in [-0.05, 0) is 62.7 Å². The summed E-state index contributed by atoms with van der Waals surface area (Å²) in [5.41, 5.74) is 3.85. The Morgan fingerprint density at radius 2 is 1.55 bits per heavy atom. The molecule has 2 aromatic heterocycles. The minimum atomic E-state index is 1.02. The van der Waals surface area contributed by atoms with E-state index >= 15 is 0 Å². The van der Waals surface area contributed by atoms with E-state index in [2.05, 4.69) is 74.9 Å². The van der Waals surface area contributed by atoms with Crippen LogP contribution < -0.4 is 9.80 Å². The molecule has 2 aliphatic heterocycles. The summed E-state index contributed by atoms with van der Waals surface area (Å²) in [6.07, 6.45) is 4.90. The summed E-state index contributed by atoms with van der Waals surface area (Å²) in [7, 11) is 0. The van der Waals surface area contributed by atoms with E-state index in [1.807, 2.05) is 0 Å².